The number of rotatable bonds is 3. The molecule has 3 aromatic heterocycles. The number of hydrogen-bond donors (Lipinski definition) is 1. The van der Waals surface area contributed by atoms with Crippen molar-refractivity contribution in [2.75, 3.05) is 0 Å². The lowest BCUT2D eigenvalue weighted by Crippen LogP contribution is -2.41. The van der Waals surface area contributed by atoms with Crippen LogP contribution < -0.4 is 5.32 Å². The van der Waals surface area contributed by atoms with Crippen LogP contribution in [0.25, 0.3) is 22.6 Å². The van der Waals surface area contributed by atoms with Gasteiger partial charge in [-0.3, -0.25) is 0 Å². The summed E-state index contributed by atoms with van der Waals surface area (Å²) in [5.74, 6) is -0.0883. The summed E-state index contributed by atoms with van der Waals surface area (Å²) >= 11 is 0. The number of carbonyl (C=O) groups excluding carboxylic acids is 1. The van der Waals surface area contributed by atoms with Gasteiger partial charge in [0.1, 0.15) is 23.1 Å². The number of ether oxygens (including phenoxy) is 1. The van der Waals surface area contributed by atoms with Crippen LogP contribution in [0.15, 0.2) is 30.6 Å². The molecular weight excluding hydrogens is 411 g/mol. The number of nitrogens with zero attached hydrogens (tertiary/aromatic N) is 5. The van der Waals surface area contributed by atoms with Crippen molar-refractivity contribution in [2.24, 2.45) is 0 Å². The maximum absolute atomic E-state index is 14.6. The first-order valence-electron chi connectivity index (χ1n) is 10.6. The Labute approximate surface area is 185 Å². The topological polar surface area (TPSA) is 106 Å². The lowest BCUT2D eigenvalue weighted by atomic mass is 9.90. The third-order valence-corrected chi connectivity index (χ3v) is 5.39. The van der Waals surface area contributed by atoms with Gasteiger partial charge in [0, 0.05) is 24.3 Å². The van der Waals surface area contributed by atoms with Crippen molar-refractivity contribution in [3.8, 4) is 17.6 Å². The van der Waals surface area contributed by atoms with Crippen molar-refractivity contribution >= 4 is 17.1 Å². The van der Waals surface area contributed by atoms with Crippen LogP contribution in [0.3, 0.4) is 0 Å². The summed E-state index contributed by atoms with van der Waals surface area (Å²) in [5, 5.41) is 12.2. The summed E-state index contributed by atoms with van der Waals surface area (Å²) < 4.78 is 22.0. The van der Waals surface area contributed by atoms with Gasteiger partial charge in [0.05, 0.1) is 17.2 Å². The Morgan fingerprint density at radius 1 is 1.34 bits per heavy atom. The van der Waals surface area contributed by atoms with Gasteiger partial charge in [0.2, 0.25) is 0 Å². The zero-order valence-corrected chi connectivity index (χ0v) is 18.3. The molecule has 9 heteroatoms. The molecule has 0 bridgehead atoms. The number of pyridine rings is 2. The predicted octanol–water partition coefficient (Wildman–Crippen LogP) is 4.51. The molecule has 0 aromatic carbocycles. The van der Waals surface area contributed by atoms with E-state index in [4.69, 9.17) is 4.74 Å². The summed E-state index contributed by atoms with van der Waals surface area (Å²) in [5.41, 5.74) is 1.06. The maximum Gasteiger partial charge on any atom is 0.407 e. The molecule has 0 aliphatic heterocycles. The number of aromatic nitrogens is 4. The average Bonchev–Trinajstić information content (AvgIpc) is 3.11. The fourth-order valence-electron chi connectivity index (χ4n) is 4.15. The Kier molecular flexibility index (Phi) is 5.78. The number of alkyl carbamates (subject to hydrolysis) is 1. The van der Waals surface area contributed by atoms with Crippen LogP contribution in [0.2, 0.25) is 0 Å². The second kappa shape index (κ2) is 8.54. The molecule has 0 spiro atoms. The molecule has 1 N–H and O–H groups in total. The highest BCUT2D eigenvalue weighted by Gasteiger charge is 2.30. The van der Waals surface area contributed by atoms with Gasteiger partial charge in [0.25, 0.3) is 0 Å². The molecule has 1 fully saturated rings. The van der Waals surface area contributed by atoms with Gasteiger partial charge < -0.3 is 14.6 Å². The summed E-state index contributed by atoms with van der Waals surface area (Å²) in [6.07, 6.45) is 5.83. The Balaban J connectivity index is 1.71. The van der Waals surface area contributed by atoms with Gasteiger partial charge in [-0.2, -0.15) is 5.26 Å². The van der Waals surface area contributed by atoms with E-state index < -0.39 is 17.5 Å². The third kappa shape index (κ3) is 4.54. The Morgan fingerprint density at radius 3 is 2.88 bits per heavy atom. The van der Waals surface area contributed by atoms with Gasteiger partial charge >= 0.3 is 6.09 Å². The molecule has 32 heavy (non-hydrogen) atoms. The van der Waals surface area contributed by atoms with Gasteiger partial charge in [0.15, 0.2) is 11.6 Å². The molecule has 1 aliphatic carbocycles. The number of nitrogens with one attached hydrogen (secondary N) is 1. The van der Waals surface area contributed by atoms with Crippen molar-refractivity contribution < 1.29 is 13.9 Å². The zero-order chi connectivity index (χ0) is 22.9. The van der Waals surface area contributed by atoms with E-state index in [0.29, 0.717) is 23.3 Å². The fourth-order valence-corrected chi connectivity index (χ4v) is 4.15. The van der Waals surface area contributed by atoms with Crippen LogP contribution in [0.1, 0.15) is 58.2 Å². The van der Waals surface area contributed by atoms with Crippen molar-refractivity contribution in [3.05, 3.63) is 42.1 Å². The number of amides is 1. The molecule has 1 amide bonds. The maximum atomic E-state index is 14.6. The van der Waals surface area contributed by atoms with E-state index in [1.807, 2.05) is 31.4 Å². The first kappa shape index (κ1) is 21.7. The zero-order valence-electron chi connectivity index (χ0n) is 18.3. The van der Waals surface area contributed by atoms with Crippen molar-refractivity contribution in [2.45, 2.75) is 64.1 Å². The molecule has 0 saturated heterocycles. The predicted molar refractivity (Wildman–Crippen MR) is 116 cm³/mol. The molecule has 1 aliphatic rings. The van der Waals surface area contributed by atoms with E-state index >= 15 is 0 Å². The van der Waals surface area contributed by atoms with Crippen molar-refractivity contribution in [1.29, 1.82) is 5.26 Å². The molecule has 3 aromatic rings. The first-order valence-corrected chi connectivity index (χ1v) is 10.6. The number of hydrogen-bond acceptors (Lipinski definition) is 6. The Morgan fingerprint density at radius 2 is 2.16 bits per heavy atom. The summed E-state index contributed by atoms with van der Waals surface area (Å²) in [4.78, 5) is 25.3. The summed E-state index contributed by atoms with van der Waals surface area (Å²) in [6.45, 7) is 5.47. The number of imidazole rings is 1. The highest BCUT2D eigenvalue weighted by Crippen LogP contribution is 2.36. The minimum absolute atomic E-state index is 0.0557. The second-order valence-electron chi connectivity index (χ2n) is 8.97. The molecular formula is C23H25FN6O2. The van der Waals surface area contributed by atoms with E-state index in [0.717, 1.165) is 19.3 Å². The smallest absolute Gasteiger partial charge is 0.407 e. The SMILES string of the molecule is CC(C)(C)OC(=O)NC1CCCC(n2c(-c3ncccc3F)nc3cc(C#N)ncc32)C1. The van der Waals surface area contributed by atoms with Crippen molar-refractivity contribution in [3.63, 3.8) is 0 Å². The number of halogens is 1. The largest absolute Gasteiger partial charge is 0.444 e. The average molecular weight is 436 g/mol. The molecule has 4 rings (SSSR count). The van der Waals surface area contributed by atoms with Crippen LogP contribution in [-0.2, 0) is 4.74 Å². The minimum atomic E-state index is -0.577. The van der Waals surface area contributed by atoms with E-state index in [1.165, 1.54) is 18.3 Å². The monoisotopic (exact) mass is 436 g/mol. The van der Waals surface area contributed by atoms with Gasteiger partial charge in [-0.25, -0.2) is 24.1 Å². The summed E-state index contributed by atoms with van der Waals surface area (Å²) in [7, 11) is 0. The second-order valence-corrected chi connectivity index (χ2v) is 8.97. The molecule has 3 heterocycles. The molecule has 2 atom stereocenters. The van der Waals surface area contributed by atoms with E-state index in [1.54, 1.807) is 12.3 Å². The quantitative estimate of drug-likeness (QED) is 0.647. The normalized spacial score (nSPS) is 18.8. The van der Waals surface area contributed by atoms with Gasteiger partial charge in [-0.05, 0) is 58.6 Å². The number of carbonyl (C=O) groups is 1. The van der Waals surface area contributed by atoms with Crippen molar-refractivity contribution in [1.82, 2.24) is 24.8 Å². The summed E-state index contributed by atoms with van der Waals surface area (Å²) in [6, 6.07) is 6.34. The fraction of sp³-hybridized carbons (Fsp3) is 0.435. The molecule has 2 unspecified atom stereocenters. The van der Waals surface area contributed by atoms with Crippen LogP contribution in [0, 0.1) is 17.1 Å². The van der Waals surface area contributed by atoms with Gasteiger partial charge in [-0.15, -0.1) is 0 Å². The van der Waals surface area contributed by atoms with Crippen LogP contribution in [0.5, 0.6) is 0 Å². The highest BCUT2D eigenvalue weighted by atomic mass is 19.1. The van der Waals surface area contributed by atoms with Gasteiger partial charge in [-0.1, -0.05) is 0 Å². The third-order valence-electron chi connectivity index (χ3n) is 5.39. The highest BCUT2D eigenvalue weighted by molar-refractivity contribution is 5.80. The molecule has 8 nitrogen and oxygen atoms in total. The van der Waals surface area contributed by atoms with E-state index in [9.17, 15) is 14.4 Å². The van der Waals surface area contributed by atoms with E-state index in [2.05, 4.69) is 20.3 Å². The lowest BCUT2D eigenvalue weighted by molar-refractivity contribution is 0.0486. The van der Waals surface area contributed by atoms with Crippen LogP contribution >= 0.6 is 0 Å². The molecule has 0 radical (unpaired) electrons. The Hall–Kier alpha value is -3.54. The standard InChI is InChI=1S/C23H25FN6O2/c1-23(2,3)32-22(31)28-14-6-4-7-16(10-14)30-19-13-27-15(12-25)11-18(19)29-21(30)20-17(24)8-5-9-26-20/h5,8-9,11,13-14,16H,4,6-7,10H2,1-3H3,(H,28,31). The molecule has 166 valence electrons. The van der Waals surface area contributed by atoms with Crippen LogP contribution in [0.4, 0.5) is 9.18 Å². The Bertz CT molecular complexity index is 1190. The van der Waals surface area contributed by atoms with E-state index in [-0.39, 0.29) is 23.5 Å². The first-order chi connectivity index (χ1) is 15.2. The lowest BCUT2D eigenvalue weighted by Gasteiger charge is -2.32. The van der Waals surface area contributed by atoms with Crippen LogP contribution in [-0.4, -0.2) is 37.3 Å². The molecule has 1 saturated carbocycles. The number of nitriles is 1. The minimum Gasteiger partial charge on any atom is -0.444 e. The number of fused-ring (bicyclic) bond motifs is 1.